The summed E-state index contributed by atoms with van der Waals surface area (Å²) in [5.74, 6) is 0.459. The van der Waals surface area contributed by atoms with Gasteiger partial charge in [0.15, 0.2) is 5.13 Å². The largest absolute Gasteiger partial charge is 0.298 e. The fourth-order valence-electron chi connectivity index (χ4n) is 4.01. The van der Waals surface area contributed by atoms with Crippen LogP contribution in [0.1, 0.15) is 46.8 Å². The molecule has 1 aliphatic carbocycles. The number of carbonyl (C=O) groups is 1. The Kier molecular flexibility index (Phi) is 4.50. The molecule has 6 nitrogen and oxygen atoms in total. The second kappa shape index (κ2) is 6.60. The van der Waals surface area contributed by atoms with E-state index >= 15 is 0 Å². The molecule has 4 rings (SSSR count). The lowest BCUT2D eigenvalue weighted by atomic mass is 9.93. The molecule has 27 heavy (non-hydrogen) atoms. The molecule has 2 unspecified atom stereocenters. The Labute approximate surface area is 163 Å². The van der Waals surface area contributed by atoms with E-state index in [2.05, 4.69) is 17.2 Å². The molecule has 144 valence electrons. The van der Waals surface area contributed by atoms with E-state index in [4.69, 9.17) is 0 Å². The highest BCUT2D eigenvalue weighted by Crippen LogP contribution is 2.35. The Bertz CT molecular complexity index is 1010. The number of nitrogens with one attached hydrogen (secondary N) is 1. The molecule has 0 radical (unpaired) electrons. The zero-order chi connectivity index (χ0) is 19.3. The molecular formula is C19H23N3O3S2. The molecule has 2 aliphatic rings. The summed E-state index contributed by atoms with van der Waals surface area (Å²) >= 11 is 1.56. The lowest BCUT2D eigenvalue weighted by Crippen LogP contribution is -2.34. The Morgan fingerprint density at radius 1 is 1.30 bits per heavy atom. The van der Waals surface area contributed by atoms with Crippen molar-refractivity contribution >= 4 is 38.1 Å². The van der Waals surface area contributed by atoms with E-state index in [1.54, 1.807) is 29.5 Å². The molecule has 1 aromatic carbocycles. The SMILES string of the molecule is CC1CCc2nc(NC(=O)c3ccc4c(c3)CC(C)N4S(C)(=O)=O)sc2C1. The van der Waals surface area contributed by atoms with Gasteiger partial charge in [0.25, 0.3) is 5.91 Å². The van der Waals surface area contributed by atoms with Crippen LogP contribution in [0.5, 0.6) is 0 Å². The number of rotatable bonds is 3. The number of anilines is 2. The highest BCUT2D eigenvalue weighted by Gasteiger charge is 2.33. The summed E-state index contributed by atoms with van der Waals surface area (Å²) in [5, 5.41) is 3.55. The maximum Gasteiger partial charge on any atom is 0.257 e. The number of aryl methyl sites for hydroxylation is 1. The standard InChI is InChI=1S/C19H23N3O3S2/c1-11-4-6-15-17(8-11)26-19(20-15)21-18(23)13-5-7-16-14(10-13)9-12(2)22(16)27(3,24)25/h5,7,10-12H,4,6,8-9H2,1-3H3,(H,20,21,23). The van der Waals surface area contributed by atoms with Crippen LogP contribution >= 0.6 is 11.3 Å². The summed E-state index contributed by atoms with van der Waals surface area (Å²) in [5.41, 5.74) is 3.19. The molecule has 0 spiro atoms. The second-order valence-corrected chi connectivity index (χ2v) is 10.6. The van der Waals surface area contributed by atoms with Crippen molar-refractivity contribution in [1.29, 1.82) is 0 Å². The van der Waals surface area contributed by atoms with Crippen LogP contribution in [0.2, 0.25) is 0 Å². The number of hydrogen-bond acceptors (Lipinski definition) is 5. The molecule has 2 atom stereocenters. The van der Waals surface area contributed by atoms with Crippen molar-refractivity contribution in [3.8, 4) is 0 Å². The number of hydrogen-bond donors (Lipinski definition) is 1. The first-order valence-electron chi connectivity index (χ1n) is 9.14. The van der Waals surface area contributed by atoms with Gasteiger partial charge in [0.1, 0.15) is 0 Å². The van der Waals surface area contributed by atoms with Crippen molar-refractivity contribution in [3.63, 3.8) is 0 Å². The molecule has 0 fully saturated rings. The molecule has 1 N–H and O–H groups in total. The van der Waals surface area contributed by atoms with E-state index in [1.165, 1.54) is 15.4 Å². The van der Waals surface area contributed by atoms with E-state index in [-0.39, 0.29) is 11.9 Å². The Morgan fingerprint density at radius 2 is 2.07 bits per heavy atom. The van der Waals surface area contributed by atoms with Gasteiger partial charge in [-0.3, -0.25) is 14.4 Å². The van der Waals surface area contributed by atoms with Crippen LogP contribution in [-0.2, 0) is 29.3 Å². The van der Waals surface area contributed by atoms with Crippen molar-refractivity contribution in [2.24, 2.45) is 5.92 Å². The maximum atomic E-state index is 12.7. The summed E-state index contributed by atoms with van der Waals surface area (Å²) < 4.78 is 25.5. The highest BCUT2D eigenvalue weighted by atomic mass is 32.2. The molecule has 2 aromatic rings. The number of nitrogens with zero attached hydrogens (tertiary/aromatic N) is 2. The van der Waals surface area contributed by atoms with Crippen LogP contribution in [0.25, 0.3) is 0 Å². The second-order valence-electron chi connectivity index (χ2n) is 7.65. The lowest BCUT2D eigenvalue weighted by molar-refractivity contribution is 0.102. The predicted octanol–water partition coefficient (Wildman–Crippen LogP) is 3.23. The van der Waals surface area contributed by atoms with Crippen molar-refractivity contribution in [3.05, 3.63) is 39.9 Å². The molecule has 1 amide bonds. The van der Waals surface area contributed by atoms with Gasteiger partial charge in [-0.25, -0.2) is 13.4 Å². The van der Waals surface area contributed by atoms with Crippen molar-refractivity contribution in [2.45, 2.75) is 45.6 Å². The van der Waals surface area contributed by atoms with Gasteiger partial charge in [-0.05, 0) is 62.3 Å². The van der Waals surface area contributed by atoms with Gasteiger partial charge in [-0.2, -0.15) is 0 Å². The predicted molar refractivity (Wildman–Crippen MR) is 108 cm³/mol. The van der Waals surface area contributed by atoms with Crippen LogP contribution < -0.4 is 9.62 Å². The van der Waals surface area contributed by atoms with Crippen LogP contribution in [-0.4, -0.2) is 31.6 Å². The Balaban J connectivity index is 1.55. The number of aromatic nitrogens is 1. The number of sulfonamides is 1. The van der Waals surface area contributed by atoms with E-state index in [1.807, 2.05) is 6.92 Å². The minimum absolute atomic E-state index is 0.138. The van der Waals surface area contributed by atoms with Crippen molar-refractivity contribution in [2.75, 3.05) is 15.9 Å². The summed E-state index contributed by atoms with van der Waals surface area (Å²) in [4.78, 5) is 18.5. The molecular weight excluding hydrogens is 382 g/mol. The summed E-state index contributed by atoms with van der Waals surface area (Å²) in [6.45, 7) is 4.12. The summed E-state index contributed by atoms with van der Waals surface area (Å²) in [6.07, 6.45) is 4.96. The van der Waals surface area contributed by atoms with E-state index in [0.29, 0.717) is 28.7 Å². The van der Waals surface area contributed by atoms with Gasteiger partial charge >= 0.3 is 0 Å². The first-order valence-corrected chi connectivity index (χ1v) is 11.8. The molecule has 1 aliphatic heterocycles. The van der Waals surface area contributed by atoms with Gasteiger partial charge < -0.3 is 0 Å². The number of amides is 1. The van der Waals surface area contributed by atoms with Crippen molar-refractivity contribution in [1.82, 2.24) is 4.98 Å². The van der Waals surface area contributed by atoms with Crippen LogP contribution in [0.4, 0.5) is 10.8 Å². The third-order valence-electron chi connectivity index (χ3n) is 5.26. The molecule has 0 saturated carbocycles. The first-order chi connectivity index (χ1) is 12.7. The van der Waals surface area contributed by atoms with E-state index < -0.39 is 10.0 Å². The Morgan fingerprint density at radius 3 is 2.81 bits per heavy atom. The van der Waals surface area contributed by atoms with Gasteiger partial charge in [-0.15, -0.1) is 11.3 Å². The zero-order valence-corrected chi connectivity index (χ0v) is 17.3. The van der Waals surface area contributed by atoms with Crippen LogP contribution in [0.3, 0.4) is 0 Å². The maximum absolute atomic E-state index is 12.7. The number of benzene rings is 1. The Hall–Kier alpha value is -1.93. The number of fused-ring (bicyclic) bond motifs is 2. The summed E-state index contributed by atoms with van der Waals surface area (Å²) in [7, 11) is -3.33. The quantitative estimate of drug-likeness (QED) is 0.850. The third-order valence-corrected chi connectivity index (χ3v) is 7.57. The van der Waals surface area contributed by atoms with Gasteiger partial charge in [0.05, 0.1) is 17.6 Å². The fourth-order valence-corrected chi connectivity index (χ4v) is 6.44. The average molecular weight is 406 g/mol. The smallest absolute Gasteiger partial charge is 0.257 e. The molecule has 0 bridgehead atoms. The average Bonchev–Trinajstić information content (AvgIpc) is 3.11. The van der Waals surface area contributed by atoms with Gasteiger partial charge in [0.2, 0.25) is 10.0 Å². The summed E-state index contributed by atoms with van der Waals surface area (Å²) in [6, 6.07) is 5.06. The normalized spacial score (nSPS) is 21.7. The van der Waals surface area contributed by atoms with E-state index in [9.17, 15) is 13.2 Å². The molecule has 8 heteroatoms. The van der Waals surface area contributed by atoms with Gasteiger partial charge in [0, 0.05) is 16.5 Å². The first kappa shape index (κ1) is 18.4. The monoisotopic (exact) mass is 405 g/mol. The van der Waals surface area contributed by atoms with Crippen molar-refractivity contribution < 1.29 is 13.2 Å². The minimum Gasteiger partial charge on any atom is -0.298 e. The van der Waals surface area contributed by atoms with Crippen LogP contribution in [0.15, 0.2) is 18.2 Å². The topological polar surface area (TPSA) is 79.4 Å². The molecule has 0 saturated heterocycles. The van der Waals surface area contributed by atoms with E-state index in [0.717, 1.165) is 30.5 Å². The number of carbonyl (C=O) groups excluding carboxylic acids is 1. The lowest BCUT2D eigenvalue weighted by Gasteiger charge is -2.21. The third kappa shape index (κ3) is 3.48. The molecule has 1 aromatic heterocycles. The highest BCUT2D eigenvalue weighted by molar-refractivity contribution is 7.92. The molecule has 2 heterocycles. The minimum atomic E-state index is -3.33. The fraction of sp³-hybridized carbons (Fsp3) is 0.474. The zero-order valence-electron chi connectivity index (χ0n) is 15.7. The number of thiazole rings is 1. The van der Waals surface area contributed by atoms with Gasteiger partial charge in [-0.1, -0.05) is 6.92 Å². The van der Waals surface area contributed by atoms with Crippen LogP contribution in [0, 0.1) is 5.92 Å².